The Labute approximate surface area is 130 Å². The summed E-state index contributed by atoms with van der Waals surface area (Å²) < 4.78 is 42.4. The summed E-state index contributed by atoms with van der Waals surface area (Å²) in [6, 6.07) is 5.58. The first-order valence-electron chi connectivity index (χ1n) is 6.78. The van der Waals surface area contributed by atoms with E-state index in [1.54, 1.807) is 0 Å². The fourth-order valence-corrected chi connectivity index (χ4v) is 2.57. The number of nitrogens with one attached hydrogen (secondary N) is 1. The van der Waals surface area contributed by atoms with E-state index in [1.807, 2.05) is 0 Å². The normalized spacial score (nSPS) is 11.6. The van der Waals surface area contributed by atoms with Crippen LogP contribution < -0.4 is 5.32 Å². The van der Waals surface area contributed by atoms with Gasteiger partial charge < -0.3 is 10.1 Å². The molecule has 0 bridgehead atoms. The molecule has 0 radical (unpaired) electrons. The number of hydrogen-bond donors (Lipinski definition) is 1. The van der Waals surface area contributed by atoms with Crippen molar-refractivity contribution in [2.45, 2.75) is 13.0 Å². The maximum atomic E-state index is 12.9. The molecule has 0 aliphatic heterocycles. The van der Waals surface area contributed by atoms with Crippen molar-refractivity contribution >= 4 is 15.9 Å². The van der Waals surface area contributed by atoms with Gasteiger partial charge in [0.05, 0.1) is 12.9 Å². The van der Waals surface area contributed by atoms with Gasteiger partial charge in [-0.1, -0.05) is 12.1 Å². The summed E-state index contributed by atoms with van der Waals surface area (Å²) in [6.45, 7) is 0.947. The van der Waals surface area contributed by atoms with Crippen LogP contribution in [0.2, 0.25) is 0 Å². The van der Waals surface area contributed by atoms with Crippen LogP contribution in [0, 0.1) is 5.82 Å². The molecule has 0 atom stereocenters. The molecule has 0 spiro atoms. The van der Waals surface area contributed by atoms with Crippen molar-refractivity contribution in [3.05, 3.63) is 35.6 Å². The average Bonchev–Trinajstić information content (AvgIpc) is 2.44. The highest BCUT2D eigenvalue weighted by Gasteiger charge is 2.18. The number of carbonyl (C=O) groups excluding carboxylic acids is 1. The highest BCUT2D eigenvalue weighted by Crippen LogP contribution is 2.10. The highest BCUT2D eigenvalue weighted by atomic mass is 32.2. The fourth-order valence-electron chi connectivity index (χ4n) is 1.76. The van der Waals surface area contributed by atoms with Crippen molar-refractivity contribution in [3.63, 3.8) is 0 Å². The second-order valence-corrected chi connectivity index (χ2v) is 6.80. The van der Waals surface area contributed by atoms with Crippen LogP contribution >= 0.6 is 0 Å². The van der Waals surface area contributed by atoms with E-state index in [0.717, 1.165) is 6.26 Å². The molecule has 0 aliphatic carbocycles. The number of ether oxygens (including phenoxy) is 1. The molecule has 0 unspecified atom stereocenters. The Bertz CT molecular complexity index is 575. The summed E-state index contributed by atoms with van der Waals surface area (Å²) >= 11 is 0. The first-order chi connectivity index (χ1) is 10.3. The Balaban J connectivity index is 2.59. The molecular weight excluding hydrogens is 311 g/mol. The summed E-state index contributed by atoms with van der Waals surface area (Å²) in [5, 5.41) is 2.63. The molecular formula is C14H21FN2O4S. The zero-order chi connectivity index (χ0) is 16.6. The minimum absolute atomic E-state index is 0.0536. The minimum atomic E-state index is -3.46. The van der Waals surface area contributed by atoms with Gasteiger partial charge in [0, 0.05) is 33.2 Å². The van der Waals surface area contributed by atoms with Gasteiger partial charge in [0.2, 0.25) is 15.9 Å². The van der Waals surface area contributed by atoms with Crippen molar-refractivity contribution < 1.29 is 22.3 Å². The Kier molecular flexibility index (Phi) is 7.43. The first-order valence-corrected chi connectivity index (χ1v) is 8.63. The molecule has 124 valence electrons. The van der Waals surface area contributed by atoms with Crippen LogP contribution in [-0.4, -0.2) is 51.7 Å². The number of hydrogen-bond acceptors (Lipinski definition) is 4. The van der Waals surface area contributed by atoms with Crippen molar-refractivity contribution in [1.82, 2.24) is 9.62 Å². The Hall–Kier alpha value is -1.51. The predicted octanol–water partition coefficient (Wildman–Crippen LogP) is 0.740. The molecule has 1 amide bonds. The maximum Gasteiger partial charge on any atom is 0.221 e. The summed E-state index contributed by atoms with van der Waals surface area (Å²) in [5.74, 6) is -0.628. The lowest BCUT2D eigenvalue weighted by Crippen LogP contribution is -2.35. The summed E-state index contributed by atoms with van der Waals surface area (Å²) in [7, 11) is -1.93. The molecule has 0 saturated carbocycles. The number of benzene rings is 1. The third-order valence-electron chi connectivity index (χ3n) is 2.96. The third-order valence-corrected chi connectivity index (χ3v) is 4.21. The van der Waals surface area contributed by atoms with Crippen molar-refractivity contribution in [2.75, 3.05) is 33.1 Å². The van der Waals surface area contributed by atoms with Gasteiger partial charge in [-0.05, 0) is 17.7 Å². The molecule has 0 fully saturated rings. The molecule has 1 aromatic rings. The van der Waals surface area contributed by atoms with E-state index in [9.17, 15) is 17.6 Å². The lowest BCUT2D eigenvalue weighted by molar-refractivity contribution is -0.121. The maximum absolute atomic E-state index is 12.9. The van der Waals surface area contributed by atoms with Crippen LogP contribution in [0.15, 0.2) is 24.3 Å². The molecule has 6 nitrogen and oxygen atoms in total. The standard InChI is InChI=1S/C14H21FN2O4S/c1-21-10-8-16-14(18)7-9-17(22(2,19)20)11-12-3-5-13(15)6-4-12/h3-6H,7-11H2,1-2H3,(H,16,18). The van der Waals surface area contributed by atoms with Gasteiger partial charge >= 0.3 is 0 Å². The number of halogens is 1. The highest BCUT2D eigenvalue weighted by molar-refractivity contribution is 7.88. The lowest BCUT2D eigenvalue weighted by atomic mass is 10.2. The van der Waals surface area contributed by atoms with Crippen LogP contribution in [0.3, 0.4) is 0 Å². The number of rotatable bonds is 9. The van der Waals surface area contributed by atoms with Crippen LogP contribution in [0.1, 0.15) is 12.0 Å². The number of methoxy groups -OCH3 is 1. The first kappa shape index (κ1) is 18.5. The second kappa shape index (κ2) is 8.82. The van der Waals surface area contributed by atoms with Crippen LogP contribution in [0.4, 0.5) is 4.39 Å². The third kappa shape index (κ3) is 6.97. The summed E-state index contributed by atoms with van der Waals surface area (Å²) in [4.78, 5) is 11.6. The molecule has 0 aromatic heterocycles. The van der Waals surface area contributed by atoms with E-state index >= 15 is 0 Å². The number of carbonyl (C=O) groups is 1. The topological polar surface area (TPSA) is 75.7 Å². The molecule has 0 aliphatic rings. The molecule has 1 N–H and O–H groups in total. The van der Waals surface area contributed by atoms with E-state index in [0.29, 0.717) is 18.7 Å². The van der Waals surface area contributed by atoms with E-state index in [-0.39, 0.29) is 31.2 Å². The Morgan fingerprint density at radius 2 is 1.95 bits per heavy atom. The fraction of sp³-hybridized carbons (Fsp3) is 0.500. The molecule has 22 heavy (non-hydrogen) atoms. The summed E-state index contributed by atoms with van der Waals surface area (Å²) in [6.07, 6.45) is 1.14. The molecule has 0 heterocycles. The molecule has 1 rings (SSSR count). The molecule has 1 aromatic carbocycles. The molecule has 8 heteroatoms. The Morgan fingerprint density at radius 3 is 2.50 bits per heavy atom. The van der Waals surface area contributed by atoms with Crippen molar-refractivity contribution in [1.29, 1.82) is 0 Å². The second-order valence-electron chi connectivity index (χ2n) is 4.82. The van der Waals surface area contributed by atoms with Crippen LogP contribution in [0.25, 0.3) is 0 Å². The Morgan fingerprint density at radius 1 is 1.32 bits per heavy atom. The van der Waals surface area contributed by atoms with E-state index in [1.165, 1.54) is 35.7 Å². The minimum Gasteiger partial charge on any atom is -0.383 e. The quantitative estimate of drug-likeness (QED) is 0.677. The van der Waals surface area contributed by atoms with Crippen molar-refractivity contribution in [3.8, 4) is 0 Å². The SMILES string of the molecule is COCCNC(=O)CCN(Cc1ccc(F)cc1)S(C)(=O)=O. The van der Waals surface area contributed by atoms with Gasteiger partial charge in [-0.15, -0.1) is 0 Å². The van der Waals surface area contributed by atoms with E-state index < -0.39 is 10.0 Å². The van der Waals surface area contributed by atoms with Gasteiger partial charge in [-0.25, -0.2) is 12.8 Å². The van der Waals surface area contributed by atoms with E-state index in [4.69, 9.17) is 4.74 Å². The van der Waals surface area contributed by atoms with E-state index in [2.05, 4.69) is 5.32 Å². The zero-order valence-corrected chi connectivity index (χ0v) is 13.5. The van der Waals surface area contributed by atoms with Gasteiger partial charge in [0.1, 0.15) is 5.82 Å². The van der Waals surface area contributed by atoms with Crippen LogP contribution in [-0.2, 0) is 26.1 Å². The van der Waals surface area contributed by atoms with Gasteiger partial charge in [-0.2, -0.15) is 4.31 Å². The largest absolute Gasteiger partial charge is 0.383 e. The zero-order valence-electron chi connectivity index (χ0n) is 12.7. The number of sulfonamides is 1. The van der Waals surface area contributed by atoms with Gasteiger partial charge in [0.25, 0.3) is 0 Å². The van der Waals surface area contributed by atoms with Gasteiger partial charge in [-0.3, -0.25) is 4.79 Å². The van der Waals surface area contributed by atoms with Crippen LogP contribution in [0.5, 0.6) is 0 Å². The smallest absolute Gasteiger partial charge is 0.221 e. The monoisotopic (exact) mass is 332 g/mol. The summed E-state index contributed by atoms with van der Waals surface area (Å²) in [5.41, 5.74) is 0.659. The number of nitrogens with zero attached hydrogens (tertiary/aromatic N) is 1. The number of amides is 1. The average molecular weight is 332 g/mol. The van der Waals surface area contributed by atoms with Gasteiger partial charge in [0.15, 0.2) is 0 Å². The lowest BCUT2D eigenvalue weighted by Gasteiger charge is -2.19. The molecule has 0 saturated heterocycles. The predicted molar refractivity (Wildman–Crippen MR) is 81.2 cm³/mol. The van der Waals surface area contributed by atoms with Crippen molar-refractivity contribution in [2.24, 2.45) is 0 Å².